The Labute approximate surface area is 134 Å². The number of hydrogen-bond donors (Lipinski definition) is 2. The molecule has 3 aromatic heterocycles. The predicted octanol–water partition coefficient (Wildman–Crippen LogP) is 3.95. The molecule has 0 aliphatic rings. The van der Waals surface area contributed by atoms with Crippen molar-refractivity contribution in [3.63, 3.8) is 0 Å². The molecule has 0 unspecified atom stereocenters. The van der Waals surface area contributed by atoms with Crippen LogP contribution in [0, 0.1) is 5.92 Å². The van der Waals surface area contributed by atoms with Crippen LogP contribution in [0.5, 0.6) is 0 Å². The third-order valence-corrected chi connectivity index (χ3v) is 3.90. The quantitative estimate of drug-likeness (QED) is 0.600. The number of aromatic amines is 1. The van der Waals surface area contributed by atoms with Crippen molar-refractivity contribution >= 4 is 22.4 Å². The summed E-state index contributed by atoms with van der Waals surface area (Å²) >= 11 is 0. The highest BCUT2D eigenvalue weighted by Gasteiger charge is 2.10. The minimum absolute atomic E-state index is 0.547. The van der Waals surface area contributed by atoms with Gasteiger partial charge in [0.25, 0.3) is 0 Å². The van der Waals surface area contributed by atoms with E-state index in [1.165, 1.54) is 5.39 Å². The van der Waals surface area contributed by atoms with Crippen molar-refractivity contribution in [3.8, 4) is 11.3 Å². The zero-order valence-corrected chi connectivity index (χ0v) is 13.2. The second-order valence-corrected chi connectivity index (χ2v) is 6.19. The van der Waals surface area contributed by atoms with E-state index in [9.17, 15) is 0 Å². The van der Waals surface area contributed by atoms with E-state index >= 15 is 0 Å². The number of nitrogens with zero attached hydrogens (tertiary/aromatic N) is 3. The van der Waals surface area contributed by atoms with Gasteiger partial charge < -0.3 is 14.7 Å². The van der Waals surface area contributed by atoms with Crippen LogP contribution in [0.4, 0.5) is 5.82 Å². The molecule has 0 radical (unpaired) electrons. The number of rotatable bonds is 4. The highest BCUT2D eigenvalue weighted by atomic mass is 15.1. The fraction of sp³-hybridized carbons (Fsp3) is 0.222. The first-order valence-electron chi connectivity index (χ1n) is 7.86. The Kier molecular flexibility index (Phi) is 3.26. The number of benzene rings is 1. The highest BCUT2D eigenvalue weighted by molar-refractivity contribution is 5.84. The monoisotopic (exact) mass is 305 g/mol. The third kappa shape index (κ3) is 2.54. The van der Waals surface area contributed by atoms with Gasteiger partial charge in [0.2, 0.25) is 0 Å². The summed E-state index contributed by atoms with van der Waals surface area (Å²) < 4.78 is 2.02. The zero-order valence-electron chi connectivity index (χ0n) is 13.2. The van der Waals surface area contributed by atoms with Crippen LogP contribution >= 0.6 is 0 Å². The van der Waals surface area contributed by atoms with Crippen LogP contribution in [0.2, 0.25) is 0 Å². The van der Waals surface area contributed by atoms with Crippen molar-refractivity contribution in [3.05, 3.63) is 49.1 Å². The molecule has 0 saturated carbocycles. The van der Waals surface area contributed by atoms with Crippen molar-refractivity contribution in [1.82, 2.24) is 19.4 Å². The van der Waals surface area contributed by atoms with Gasteiger partial charge in [0, 0.05) is 42.4 Å². The first-order valence-corrected chi connectivity index (χ1v) is 7.86. The summed E-state index contributed by atoms with van der Waals surface area (Å²) in [5.74, 6) is 1.37. The largest absolute Gasteiger partial charge is 0.367 e. The predicted molar refractivity (Wildman–Crippen MR) is 93.6 cm³/mol. The van der Waals surface area contributed by atoms with E-state index < -0.39 is 0 Å². The van der Waals surface area contributed by atoms with Gasteiger partial charge in [-0.2, -0.15) is 0 Å². The number of aromatic nitrogens is 4. The topological polar surface area (TPSA) is 58.0 Å². The van der Waals surface area contributed by atoms with E-state index in [0.29, 0.717) is 5.92 Å². The average molecular weight is 305 g/mol. The Hall–Kier alpha value is -2.82. The maximum absolute atomic E-state index is 4.80. The SMILES string of the molecule is CC(C)CNc1nc(-c2ccc3cc[nH]c3c2)cn2ccnc12. The molecule has 116 valence electrons. The average Bonchev–Trinajstić information content (AvgIpc) is 3.20. The van der Waals surface area contributed by atoms with Crippen molar-refractivity contribution in [1.29, 1.82) is 0 Å². The van der Waals surface area contributed by atoms with Gasteiger partial charge in [-0.3, -0.25) is 0 Å². The van der Waals surface area contributed by atoms with Crippen molar-refractivity contribution < 1.29 is 0 Å². The van der Waals surface area contributed by atoms with Crippen molar-refractivity contribution in [2.75, 3.05) is 11.9 Å². The lowest BCUT2D eigenvalue weighted by atomic mass is 10.1. The van der Waals surface area contributed by atoms with E-state index in [1.807, 2.05) is 23.0 Å². The number of imidazole rings is 1. The first-order chi connectivity index (χ1) is 11.2. The summed E-state index contributed by atoms with van der Waals surface area (Å²) in [5, 5.41) is 4.62. The lowest BCUT2D eigenvalue weighted by Gasteiger charge is -2.11. The Morgan fingerprint density at radius 2 is 2.17 bits per heavy atom. The smallest absolute Gasteiger partial charge is 0.180 e. The lowest BCUT2D eigenvalue weighted by molar-refractivity contribution is 0.687. The molecule has 0 spiro atoms. The van der Waals surface area contributed by atoms with Crippen LogP contribution in [0.1, 0.15) is 13.8 Å². The number of hydrogen-bond acceptors (Lipinski definition) is 3. The van der Waals surface area contributed by atoms with Gasteiger partial charge in [0.05, 0.1) is 5.69 Å². The van der Waals surface area contributed by atoms with Gasteiger partial charge >= 0.3 is 0 Å². The molecule has 0 atom stereocenters. The molecule has 23 heavy (non-hydrogen) atoms. The summed E-state index contributed by atoms with van der Waals surface area (Å²) in [5.41, 5.74) is 3.99. The van der Waals surface area contributed by atoms with Gasteiger partial charge in [0.15, 0.2) is 11.5 Å². The molecule has 0 amide bonds. The Morgan fingerprint density at radius 1 is 1.26 bits per heavy atom. The second-order valence-electron chi connectivity index (χ2n) is 6.19. The molecule has 4 aromatic rings. The fourth-order valence-electron chi connectivity index (χ4n) is 2.70. The van der Waals surface area contributed by atoms with E-state index in [1.54, 1.807) is 6.20 Å². The second kappa shape index (κ2) is 5.43. The van der Waals surface area contributed by atoms with Gasteiger partial charge in [-0.25, -0.2) is 9.97 Å². The Bertz CT molecular complexity index is 964. The molecule has 5 heteroatoms. The molecule has 5 nitrogen and oxygen atoms in total. The number of fused-ring (bicyclic) bond motifs is 2. The van der Waals surface area contributed by atoms with Gasteiger partial charge in [-0.1, -0.05) is 26.0 Å². The number of nitrogens with one attached hydrogen (secondary N) is 2. The summed E-state index contributed by atoms with van der Waals surface area (Å²) in [6.45, 7) is 5.23. The number of anilines is 1. The van der Waals surface area contributed by atoms with Crippen LogP contribution < -0.4 is 5.32 Å². The summed E-state index contributed by atoms with van der Waals surface area (Å²) in [6, 6.07) is 8.42. The number of H-pyrrole nitrogens is 1. The van der Waals surface area contributed by atoms with E-state index in [4.69, 9.17) is 4.98 Å². The minimum atomic E-state index is 0.547. The zero-order chi connectivity index (χ0) is 15.8. The third-order valence-electron chi connectivity index (χ3n) is 3.90. The molecular formula is C18H19N5. The molecular weight excluding hydrogens is 286 g/mol. The van der Waals surface area contributed by atoms with Crippen LogP contribution in [-0.4, -0.2) is 25.9 Å². The maximum atomic E-state index is 4.80. The maximum Gasteiger partial charge on any atom is 0.180 e. The molecule has 1 aromatic carbocycles. The van der Waals surface area contributed by atoms with Gasteiger partial charge in [-0.15, -0.1) is 0 Å². The molecule has 0 fully saturated rings. The normalized spacial score (nSPS) is 11.6. The lowest BCUT2D eigenvalue weighted by Crippen LogP contribution is -2.11. The van der Waals surface area contributed by atoms with E-state index in [2.05, 4.69) is 53.4 Å². The molecule has 0 aliphatic carbocycles. The molecule has 0 saturated heterocycles. The van der Waals surface area contributed by atoms with E-state index in [-0.39, 0.29) is 0 Å². The summed E-state index contributed by atoms with van der Waals surface area (Å²) in [7, 11) is 0. The first kappa shape index (κ1) is 13.8. The molecule has 2 N–H and O–H groups in total. The van der Waals surface area contributed by atoms with Crippen molar-refractivity contribution in [2.24, 2.45) is 5.92 Å². The molecule has 0 aliphatic heterocycles. The van der Waals surface area contributed by atoms with Crippen molar-refractivity contribution in [2.45, 2.75) is 13.8 Å². The van der Waals surface area contributed by atoms with Crippen LogP contribution in [0.25, 0.3) is 27.8 Å². The summed E-state index contributed by atoms with van der Waals surface area (Å²) in [6.07, 6.45) is 7.73. The van der Waals surface area contributed by atoms with Crippen LogP contribution in [-0.2, 0) is 0 Å². The highest BCUT2D eigenvalue weighted by Crippen LogP contribution is 2.25. The fourth-order valence-corrected chi connectivity index (χ4v) is 2.70. The minimum Gasteiger partial charge on any atom is -0.367 e. The van der Waals surface area contributed by atoms with Gasteiger partial charge in [-0.05, 0) is 23.4 Å². The Balaban J connectivity index is 1.82. The van der Waals surface area contributed by atoms with Gasteiger partial charge in [0.1, 0.15) is 0 Å². The Morgan fingerprint density at radius 3 is 3.04 bits per heavy atom. The molecule has 0 bridgehead atoms. The van der Waals surface area contributed by atoms with Crippen LogP contribution in [0.3, 0.4) is 0 Å². The molecule has 3 heterocycles. The van der Waals surface area contributed by atoms with Crippen LogP contribution in [0.15, 0.2) is 49.1 Å². The van der Waals surface area contributed by atoms with E-state index in [0.717, 1.165) is 34.8 Å². The molecule has 4 rings (SSSR count). The standard InChI is InChI=1S/C18H19N5/c1-12(2)10-21-17-18-20-7-8-23(18)11-16(22-17)14-4-3-13-5-6-19-15(13)9-14/h3-9,11-12,19H,10H2,1-2H3,(H,21,22). The summed E-state index contributed by atoms with van der Waals surface area (Å²) in [4.78, 5) is 12.5.